The first-order valence-corrected chi connectivity index (χ1v) is 5.71. The van der Waals surface area contributed by atoms with Crippen molar-refractivity contribution in [2.75, 3.05) is 7.11 Å². The Kier molecular flexibility index (Phi) is 5.19. The molecule has 0 heterocycles. The number of aliphatic carboxylic acids is 1. The topological polar surface area (TPSA) is 92.7 Å². The van der Waals surface area contributed by atoms with Crippen LogP contribution in [-0.2, 0) is 14.3 Å². The van der Waals surface area contributed by atoms with E-state index in [1.54, 1.807) is 6.92 Å². The van der Waals surface area contributed by atoms with E-state index in [2.05, 4.69) is 10.1 Å². The Hall–Kier alpha value is -2.44. The van der Waals surface area contributed by atoms with Crippen molar-refractivity contribution in [3.05, 3.63) is 35.1 Å². The fourth-order valence-electron chi connectivity index (χ4n) is 1.52. The standard InChI is InChI=1S/C13H14FNO5/c1-7-3-4-8(14)5-9(7)12(17)15-10(13(18)19)6-11(16)20-2/h3-5,10H,6H2,1-2H3,(H,15,17)(H,18,19)/t10-/m0/s1. The maximum atomic E-state index is 13.1. The van der Waals surface area contributed by atoms with Crippen LogP contribution < -0.4 is 5.32 Å². The molecule has 0 saturated carbocycles. The van der Waals surface area contributed by atoms with Gasteiger partial charge in [0.05, 0.1) is 13.5 Å². The Balaban J connectivity index is 2.88. The summed E-state index contributed by atoms with van der Waals surface area (Å²) in [5.74, 6) is -3.52. The van der Waals surface area contributed by atoms with E-state index in [0.29, 0.717) is 5.56 Å². The summed E-state index contributed by atoms with van der Waals surface area (Å²) in [5, 5.41) is 11.1. The summed E-state index contributed by atoms with van der Waals surface area (Å²) in [6.45, 7) is 1.59. The first kappa shape index (κ1) is 15.6. The van der Waals surface area contributed by atoms with Gasteiger partial charge in [0.1, 0.15) is 11.9 Å². The van der Waals surface area contributed by atoms with Crippen LogP contribution in [-0.4, -0.2) is 36.1 Å². The molecule has 0 aliphatic heterocycles. The number of methoxy groups -OCH3 is 1. The first-order valence-electron chi connectivity index (χ1n) is 5.71. The highest BCUT2D eigenvalue weighted by Gasteiger charge is 2.24. The second-order valence-electron chi connectivity index (χ2n) is 4.10. The molecule has 0 aliphatic rings. The Labute approximate surface area is 114 Å². The van der Waals surface area contributed by atoms with Crippen LogP contribution in [0.5, 0.6) is 0 Å². The quantitative estimate of drug-likeness (QED) is 0.782. The second kappa shape index (κ2) is 6.65. The van der Waals surface area contributed by atoms with E-state index >= 15 is 0 Å². The van der Waals surface area contributed by atoms with E-state index in [-0.39, 0.29) is 5.56 Å². The molecule has 20 heavy (non-hydrogen) atoms. The lowest BCUT2D eigenvalue weighted by Gasteiger charge is -2.14. The number of halogens is 1. The predicted octanol–water partition coefficient (Wildman–Crippen LogP) is 0.880. The van der Waals surface area contributed by atoms with Crippen molar-refractivity contribution in [1.82, 2.24) is 5.32 Å². The molecular weight excluding hydrogens is 269 g/mol. The van der Waals surface area contributed by atoms with Crippen molar-refractivity contribution < 1.29 is 28.6 Å². The van der Waals surface area contributed by atoms with Crippen LogP contribution in [0.1, 0.15) is 22.3 Å². The number of amides is 1. The van der Waals surface area contributed by atoms with Crippen LogP contribution >= 0.6 is 0 Å². The fraction of sp³-hybridized carbons (Fsp3) is 0.308. The van der Waals surface area contributed by atoms with E-state index < -0.39 is 36.1 Å². The number of aryl methyl sites for hydroxylation is 1. The molecule has 0 aromatic heterocycles. The van der Waals surface area contributed by atoms with Crippen LogP contribution in [0.4, 0.5) is 4.39 Å². The predicted molar refractivity (Wildman–Crippen MR) is 66.7 cm³/mol. The first-order chi connectivity index (χ1) is 9.35. The van der Waals surface area contributed by atoms with Crippen molar-refractivity contribution >= 4 is 17.8 Å². The van der Waals surface area contributed by atoms with Gasteiger partial charge in [0.25, 0.3) is 5.91 Å². The molecule has 1 atom stereocenters. The molecule has 7 heteroatoms. The zero-order valence-corrected chi connectivity index (χ0v) is 11.0. The highest BCUT2D eigenvalue weighted by atomic mass is 19.1. The van der Waals surface area contributed by atoms with E-state index in [9.17, 15) is 18.8 Å². The van der Waals surface area contributed by atoms with Crippen molar-refractivity contribution in [3.63, 3.8) is 0 Å². The smallest absolute Gasteiger partial charge is 0.326 e. The van der Waals surface area contributed by atoms with Gasteiger partial charge in [-0.25, -0.2) is 9.18 Å². The average molecular weight is 283 g/mol. The summed E-state index contributed by atoms with van der Waals surface area (Å²) >= 11 is 0. The van der Waals surface area contributed by atoms with E-state index in [4.69, 9.17) is 5.11 Å². The van der Waals surface area contributed by atoms with Crippen LogP contribution in [0.25, 0.3) is 0 Å². The zero-order valence-electron chi connectivity index (χ0n) is 11.0. The molecule has 0 fully saturated rings. The molecule has 1 aromatic rings. The number of carbonyl (C=O) groups excluding carboxylic acids is 2. The number of esters is 1. The monoisotopic (exact) mass is 283 g/mol. The lowest BCUT2D eigenvalue weighted by Crippen LogP contribution is -2.42. The van der Waals surface area contributed by atoms with Gasteiger partial charge in [-0.2, -0.15) is 0 Å². The van der Waals surface area contributed by atoms with Gasteiger partial charge in [-0.15, -0.1) is 0 Å². The summed E-state index contributed by atoms with van der Waals surface area (Å²) in [6, 6.07) is 2.16. The van der Waals surface area contributed by atoms with Crippen LogP contribution in [0.3, 0.4) is 0 Å². The number of ether oxygens (including phenoxy) is 1. The SMILES string of the molecule is COC(=O)C[C@H](NC(=O)c1cc(F)ccc1C)C(=O)O. The zero-order chi connectivity index (χ0) is 15.3. The number of carboxylic acid groups (broad SMARTS) is 1. The minimum absolute atomic E-state index is 0.0149. The second-order valence-corrected chi connectivity index (χ2v) is 4.10. The third kappa shape index (κ3) is 4.04. The fourth-order valence-corrected chi connectivity index (χ4v) is 1.52. The lowest BCUT2D eigenvalue weighted by molar-refractivity contribution is -0.147. The Morgan fingerprint density at radius 3 is 2.60 bits per heavy atom. The lowest BCUT2D eigenvalue weighted by atomic mass is 10.1. The minimum Gasteiger partial charge on any atom is -0.480 e. The summed E-state index contributed by atoms with van der Waals surface area (Å²) in [7, 11) is 1.11. The number of hydrogen-bond acceptors (Lipinski definition) is 4. The van der Waals surface area contributed by atoms with Gasteiger partial charge >= 0.3 is 11.9 Å². The van der Waals surface area contributed by atoms with Gasteiger partial charge in [0.2, 0.25) is 0 Å². The molecule has 1 rings (SSSR count). The molecule has 0 bridgehead atoms. The molecule has 6 nitrogen and oxygen atoms in total. The Bertz CT molecular complexity index is 544. The van der Waals surface area contributed by atoms with Gasteiger partial charge in [-0.05, 0) is 24.6 Å². The highest BCUT2D eigenvalue weighted by molar-refractivity contribution is 5.98. The molecule has 0 radical (unpaired) electrons. The molecule has 0 saturated heterocycles. The summed E-state index contributed by atoms with van der Waals surface area (Å²) in [6.07, 6.45) is -0.508. The van der Waals surface area contributed by atoms with E-state index in [0.717, 1.165) is 13.2 Å². The van der Waals surface area contributed by atoms with Crippen molar-refractivity contribution in [3.8, 4) is 0 Å². The van der Waals surface area contributed by atoms with Crippen LogP contribution in [0.15, 0.2) is 18.2 Å². The van der Waals surface area contributed by atoms with Crippen LogP contribution in [0, 0.1) is 12.7 Å². The van der Waals surface area contributed by atoms with E-state index in [1.807, 2.05) is 0 Å². The molecule has 0 spiro atoms. The Morgan fingerprint density at radius 1 is 1.40 bits per heavy atom. The highest BCUT2D eigenvalue weighted by Crippen LogP contribution is 2.10. The number of carboxylic acids is 1. The summed E-state index contributed by atoms with van der Waals surface area (Å²) in [4.78, 5) is 34.0. The molecule has 2 N–H and O–H groups in total. The average Bonchev–Trinajstić information content (AvgIpc) is 2.40. The largest absolute Gasteiger partial charge is 0.480 e. The molecule has 1 aromatic carbocycles. The minimum atomic E-state index is -1.43. The molecule has 0 unspecified atom stereocenters. The molecular formula is C13H14FNO5. The van der Waals surface area contributed by atoms with Gasteiger partial charge in [0.15, 0.2) is 0 Å². The normalized spacial score (nSPS) is 11.6. The number of rotatable bonds is 5. The summed E-state index contributed by atoms with van der Waals surface area (Å²) in [5.41, 5.74) is 0.507. The maximum Gasteiger partial charge on any atom is 0.326 e. The van der Waals surface area contributed by atoms with Gasteiger partial charge < -0.3 is 15.2 Å². The number of nitrogens with one attached hydrogen (secondary N) is 1. The number of carbonyl (C=O) groups is 3. The summed E-state index contributed by atoms with van der Waals surface area (Å²) < 4.78 is 17.4. The van der Waals surface area contributed by atoms with Crippen molar-refractivity contribution in [2.45, 2.75) is 19.4 Å². The van der Waals surface area contributed by atoms with Gasteiger partial charge in [-0.3, -0.25) is 9.59 Å². The molecule has 0 aliphatic carbocycles. The number of benzene rings is 1. The maximum absolute atomic E-state index is 13.1. The van der Waals surface area contributed by atoms with Gasteiger partial charge in [-0.1, -0.05) is 6.07 Å². The van der Waals surface area contributed by atoms with E-state index in [1.165, 1.54) is 12.1 Å². The number of hydrogen-bond donors (Lipinski definition) is 2. The van der Waals surface area contributed by atoms with Crippen LogP contribution in [0.2, 0.25) is 0 Å². The third-order valence-corrected chi connectivity index (χ3v) is 2.65. The van der Waals surface area contributed by atoms with Crippen molar-refractivity contribution in [2.24, 2.45) is 0 Å². The van der Waals surface area contributed by atoms with Gasteiger partial charge in [0, 0.05) is 5.56 Å². The Morgan fingerprint density at radius 2 is 2.05 bits per heavy atom. The molecule has 108 valence electrons. The third-order valence-electron chi connectivity index (χ3n) is 2.65. The van der Waals surface area contributed by atoms with Crippen molar-refractivity contribution in [1.29, 1.82) is 0 Å². The molecule has 1 amide bonds.